The van der Waals surface area contributed by atoms with Gasteiger partial charge in [-0.1, -0.05) is 41.9 Å². The van der Waals surface area contributed by atoms with Crippen molar-refractivity contribution in [3.63, 3.8) is 0 Å². The van der Waals surface area contributed by atoms with Gasteiger partial charge in [0.15, 0.2) is 5.82 Å². The first-order valence-corrected chi connectivity index (χ1v) is 17.5. The molecule has 4 aromatic rings. The number of anilines is 1. The summed E-state index contributed by atoms with van der Waals surface area (Å²) < 4.78 is 34.1. The van der Waals surface area contributed by atoms with Crippen molar-refractivity contribution in [3.8, 4) is 17.3 Å². The maximum Gasteiger partial charge on any atom is 0.319 e. The summed E-state index contributed by atoms with van der Waals surface area (Å²) in [6.07, 6.45) is 9.18. The van der Waals surface area contributed by atoms with Crippen molar-refractivity contribution < 1.29 is 23.4 Å². The number of carbonyl (C=O) groups is 1. The standard InChI is InChI=1S/C37H41ClFN5O4/c1-46-26-16-37(14-13-25(44(37)20-26)11-12-30(45)47-2)21-48-36-41-34-28(35(42-36)43-18-22-9-10-23(15-22)19-43)17-40-33(32(34)39)27-7-3-5-24-6-4-8-29(38)31(24)27/h3-8,17,22-23,25-26H,9-16,18-21H2,1-2H3/t22?,23?,25-,26+,37-/m0/s1. The number of methoxy groups -OCH3 is 2. The minimum absolute atomic E-state index is 0.0602. The SMILES string of the molecule is COC(=O)CC[C@H]1CC[C@@]2(COc3nc(N4CC5CCC(C5)C4)c4cnc(-c5cccc6cccc(Cl)c56)c(F)c4n3)C[C@@H](OC)CN12. The number of piperidine rings is 1. The molecular formula is C37H41ClFN5O4. The number of hydrogen-bond donors (Lipinski definition) is 0. The Kier molecular flexibility index (Phi) is 8.37. The molecule has 5 heterocycles. The van der Waals surface area contributed by atoms with Crippen LogP contribution < -0.4 is 9.64 Å². The predicted octanol–water partition coefficient (Wildman–Crippen LogP) is 6.83. The molecule has 5 atom stereocenters. The van der Waals surface area contributed by atoms with E-state index >= 15 is 4.39 Å². The second kappa shape index (κ2) is 12.7. The van der Waals surface area contributed by atoms with Crippen LogP contribution in [0.1, 0.15) is 51.4 Å². The highest BCUT2D eigenvalue weighted by Gasteiger charge is 2.53. The molecule has 4 fully saturated rings. The molecule has 3 aliphatic heterocycles. The van der Waals surface area contributed by atoms with Crippen molar-refractivity contribution in [2.45, 2.75) is 69.1 Å². The average Bonchev–Trinajstić information content (AvgIpc) is 3.76. The summed E-state index contributed by atoms with van der Waals surface area (Å²) in [6, 6.07) is 11.8. The summed E-state index contributed by atoms with van der Waals surface area (Å²) in [4.78, 5) is 31.1. The third-order valence-corrected chi connectivity index (χ3v) is 11.7. The lowest BCUT2D eigenvalue weighted by Crippen LogP contribution is -2.46. The van der Waals surface area contributed by atoms with Crippen molar-refractivity contribution >= 4 is 45.1 Å². The molecule has 4 aliphatic rings. The Bertz CT molecular complexity index is 1860. The van der Waals surface area contributed by atoms with Crippen LogP contribution in [0.15, 0.2) is 42.6 Å². The number of esters is 1. The van der Waals surface area contributed by atoms with Gasteiger partial charge in [0.2, 0.25) is 0 Å². The summed E-state index contributed by atoms with van der Waals surface area (Å²) >= 11 is 6.65. The van der Waals surface area contributed by atoms with Crippen molar-refractivity contribution in [3.05, 3.63) is 53.4 Å². The van der Waals surface area contributed by atoms with Crippen LogP contribution in [0.2, 0.25) is 5.02 Å². The Hall–Kier alpha value is -3.60. The molecule has 8 rings (SSSR count). The molecule has 9 nitrogen and oxygen atoms in total. The Morgan fingerprint density at radius 2 is 1.85 bits per heavy atom. The van der Waals surface area contributed by atoms with E-state index in [9.17, 15) is 4.79 Å². The van der Waals surface area contributed by atoms with E-state index in [1.165, 1.54) is 26.4 Å². The highest BCUT2D eigenvalue weighted by atomic mass is 35.5. The second-order valence-corrected chi connectivity index (χ2v) is 14.5. The van der Waals surface area contributed by atoms with Gasteiger partial charge in [-0.3, -0.25) is 14.7 Å². The van der Waals surface area contributed by atoms with Crippen molar-refractivity contribution in [2.75, 3.05) is 45.4 Å². The molecule has 3 saturated heterocycles. The van der Waals surface area contributed by atoms with E-state index < -0.39 is 5.82 Å². The summed E-state index contributed by atoms with van der Waals surface area (Å²) in [5.74, 6) is 1.17. The van der Waals surface area contributed by atoms with Crippen LogP contribution in [0.25, 0.3) is 32.9 Å². The van der Waals surface area contributed by atoms with E-state index in [0.29, 0.717) is 46.7 Å². The van der Waals surface area contributed by atoms with Crippen molar-refractivity contribution in [2.24, 2.45) is 11.8 Å². The average molecular weight is 674 g/mol. The first-order valence-electron chi connectivity index (χ1n) is 17.1. The molecule has 252 valence electrons. The monoisotopic (exact) mass is 673 g/mol. The molecule has 0 spiro atoms. The van der Waals surface area contributed by atoms with Crippen LogP contribution >= 0.6 is 11.6 Å². The zero-order chi connectivity index (χ0) is 33.0. The fourth-order valence-corrected chi connectivity index (χ4v) is 9.32. The smallest absolute Gasteiger partial charge is 0.319 e. The Balaban J connectivity index is 1.17. The van der Waals surface area contributed by atoms with Gasteiger partial charge in [-0.2, -0.15) is 9.97 Å². The molecule has 0 N–H and O–H groups in total. The Morgan fingerprint density at radius 1 is 1.06 bits per heavy atom. The quantitative estimate of drug-likeness (QED) is 0.177. The molecule has 11 heteroatoms. The minimum atomic E-state index is -0.516. The van der Waals surface area contributed by atoms with Crippen LogP contribution in [-0.4, -0.2) is 84.0 Å². The summed E-state index contributed by atoms with van der Waals surface area (Å²) in [6.45, 7) is 2.86. The van der Waals surface area contributed by atoms with Crippen molar-refractivity contribution in [1.29, 1.82) is 0 Å². The number of aromatic nitrogens is 3. The molecule has 0 amide bonds. The first-order chi connectivity index (χ1) is 23.4. The molecule has 2 aromatic heterocycles. The van der Waals surface area contributed by atoms with Crippen LogP contribution in [-0.2, 0) is 14.3 Å². The molecule has 2 bridgehead atoms. The van der Waals surface area contributed by atoms with Gasteiger partial charge in [0.1, 0.15) is 23.6 Å². The molecule has 1 saturated carbocycles. The number of ether oxygens (including phenoxy) is 3. The fraction of sp³-hybridized carbons (Fsp3) is 0.514. The third-order valence-electron chi connectivity index (χ3n) is 11.4. The van der Waals surface area contributed by atoms with E-state index in [2.05, 4.69) is 14.8 Å². The molecule has 1 aliphatic carbocycles. The van der Waals surface area contributed by atoms with E-state index in [0.717, 1.165) is 56.1 Å². The van der Waals surface area contributed by atoms with Gasteiger partial charge in [-0.25, -0.2) is 4.39 Å². The summed E-state index contributed by atoms with van der Waals surface area (Å²) in [7, 11) is 3.17. The summed E-state index contributed by atoms with van der Waals surface area (Å²) in [5.41, 5.74) is 0.723. The topological polar surface area (TPSA) is 89.9 Å². The largest absolute Gasteiger partial charge is 0.469 e. The van der Waals surface area contributed by atoms with Gasteiger partial charge in [0.25, 0.3) is 0 Å². The molecule has 48 heavy (non-hydrogen) atoms. The number of rotatable bonds is 9. The van der Waals surface area contributed by atoms with Gasteiger partial charge in [0.05, 0.1) is 24.1 Å². The van der Waals surface area contributed by atoms with Crippen molar-refractivity contribution in [1.82, 2.24) is 19.9 Å². The van der Waals surface area contributed by atoms with E-state index in [-0.39, 0.29) is 40.9 Å². The molecule has 0 radical (unpaired) electrons. The lowest BCUT2D eigenvalue weighted by atomic mass is 9.94. The second-order valence-electron chi connectivity index (χ2n) is 14.1. The number of pyridine rings is 1. The lowest BCUT2D eigenvalue weighted by Gasteiger charge is -2.35. The van der Waals surface area contributed by atoms with Crippen LogP contribution in [0, 0.1) is 17.7 Å². The highest BCUT2D eigenvalue weighted by Crippen LogP contribution is 2.46. The highest BCUT2D eigenvalue weighted by molar-refractivity contribution is 6.36. The number of fused-ring (bicyclic) bond motifs is 5. The third kappa shape index (κ3) is 5.55. The number of halogens is 2. The van der Waals surface area contributed by atoms with Gasteiger partial charge >= 0.3 is 12.0 Å². The fourth-order valence-electron chi connectivity index (χ4n) is 9.04. The summed E-state index contributed by atoms with van der Waals surface area (Å²) in [5, 5.41) is 2.78. The minimum Gasteiger partial charge on any atom is -0.469 e. The van der Waals surface area contributed by atoms with Crippen LogP contribution in [0.3, 0.4) is 0 Å². The van der Waals surface area contributed by atoms with Gasteiger partial charge in [-0.15, -0.1) is 0 Å². The maximum absolute atomic E-state index is 16.9. The van der Waals surface area contributed by atoms with Gasteiger partial charge in [0, 0.05) is 61.4 Å². The van der Waals surface area contributed by atoms with E-state index in [1.54, 1.807) is 13.3 Å². The molecular weight excluding hydrogens is 633 g/mol. The van der Waals surface area contributed by atoms with E-state index in [4.69, 9.17) is 35.8 Å². The first kappa shape index (κ1) is 31.7. The van der Waals surface area contributed by atoms with Gasteiger partial charge in [-0.05, 0) is 68.2 Å². The van der Waals surface area contributed by atoms with Crippen LogP contribution in [0.4, 0.5) is 10.2 Å². The molecule has 2 aromatic carbocycles. The predicted molar refractivity (Wildman–Crippen MR) is 183 cm³/mol. The normalized spacial score (nSPS) is 26.8. The molecule has 2 unspecified atom stereocenters. The number of benzene rings is 2. The van der Waals surface area contributed by atoms with Crippen LogP contribution in [0.5, 0.6) is 6.01 Å². The zero-order valence-electron chi connectivity index (χ0n) is 27.5. The number of hydrogen-bond acceptors (Lipinski definition) is 9. The Morgan fingerprint density at radius 3 is 2.62 bits per heavy atom. The van der Waals surface area contributed by atoms with Gasteiger partial charge < -0.3 is 19.1 Å². The zero-order valence-corrected chi connectivity index (χ0v) is 28.2. The maximum atomic E-state index is 16.9. The number of nitrogens with zero attached hydrogens (tertiary/aromatic N) is 5. The number of carbonyl (C=O) groups excluding carboxylic acids is 1. The lowest BCUT2D eigenvalue weighted by molar-refractivity contribution is -0.141. The van der Waals surface area contributed by atoms with E-state index in [1.807, 2.05) is 36.4 Å². The Labute approximate surface area is 284 Å².